The van der Waals surface area contributed by atoms with Crippen molar-refractivity contribution in [2.24, 2.45) is 4.99 Å². The maximum atomic E-state index is 13.4. The van der Waals surface area contributed by atoms with Crippen LogP contribution in [0.4, 0.5) is 13.2 Å². The molecular formula is C24H27F3N4O2S. The molecule has 0 atom stereocenters. The molecule has 3 aromatic rings. The predicted octanol–water partition coefficient (Wildman–Crippen LogP) is 5.78. The number of carbonyl (C=O) groups is 1. The van der Waals surface area contributed by atoms with Gasteiger partial charge in [-0.1, -0.05) is 13.3 Å². The van der Waals surface area contributed by atoms with Crippen LogP contribution in [0.5, 0.6) is 5.75 Å². The summed E-state index contributed by atoms with van der Waals surface area (Å²) in [6.45, 7) is 8.11. The molecule has 0 saturated heterocycles. The molecule has 182 valence electrons. The number of carbonyl (C=O) groups excluding carboxylic acids is 1. The second-order valence-corrected chi connectivity index (χ2v) is 9.72. The first kappa shape index (κ1) is 25.6. The van der Waals surface area contributed by atoms with E-state index in [1.807, 2.05) is 30.9 Å². The van der Waals surface area contributed by atoms with Gasteiger partial charge in [0.2, 0.25) is 0 Å². The third-order valence-electron chi connectivity index (χ3n) is 4.93. The van der Waals surface area contributed by atoms with Crippen LogP contribution in [0.1, 0.15) is 67.7 Å². The van der Waals surface area contributed by atoms with Gasteiger partial charge in [-0.2, -0.15) is 18.2 Å². The van der Waals surface area contributed by atoms with E-state index < -0.39 is 17.6 Å². The van der Waals surface area contributed by atoms with Gasteiger partial charge in [0, 0.05) is 29.7 Å². The zero-order chi connectivity index (χ0) is 24.9. The minimum absolute atomic E-state index is 0.00256. The van der Waals surface area contributed by atoms with Crippen LogP contribution >= 0.6 is 11.5 Å². The van der Waals surface area contributed by atoms with Gasteiger partial charge in [-0.05, 0) is 63.3 Å². The fraction of sp³-hybridized carbons (Fsp3) is 0.417. The third kappa shape index (κ3) is 6.53. The van der Waals surface area contributed by atoms with Crippen LogP contribution in [0.3, 0.4) is 0 Å². The SMILES string of the molecule is CCCCc1cn(C(C)(C)C)s/c1=N\C(=O)c1cc(C(F)(F)F)ccc1OCc1cnccn1. The Bertz CT molecular complexity index is 1200. The van der Waals surface area contributed by atoms with Crippen LogP contribution in [0.2, 0.25) is 0 Å². The second-order valence-electron chi connectivity index (χ2n) is 8.76. The van der Waals surface area contributed by atoms with E-state index in [2.05, 4.69) is 21.9 Å². The Labute approximate surface area is 200 Å². The summed E-state index contributed by atoms with van der Waals surface area (Å²) in [7, 11) is 0. The van der Waals surface area contributed by atoms with Crippen molar-refractivity contribution in [1.82, 2.24) is 13.9 Å². The summed E-state index contributed by atoms with van der Waals surface area (Å²) >= 11 is 1.31. The molecule has 0 bridgehead atoms. The first-order chi connectivity index (χ1) is 16.0. The lowest BCUT2D eigenvalue weighted by Gasteiger charge is -2.19. The summed E-state index contributed by atoms with van der Waals surface area (Å²) < 4.78 is 48.3. The van der Waals surface area contributed by atoms with Crippen molar-refractivity contribution >= 4 is 17.4 Å². The molecule has 3 rings (SSSR count). The summed E-state index contributed by atoms with van der Waals surface area (Å²) in [6, 6.07) is 2.81. The molecule has 1 amide bonds. The van der Waals surface area contributed by atoms with Gasteiger partial charge >= 0.3 is 6.18 Å². The van der Waals surface area contributed by atoms with E-state index in [9.17, 15) is 18.0 Å². The Morgan fingerprint density at radius 3 is 2.59 bits per heavy atom. The highest BCUT2D eigenvalue weighted by Crippen LogP contribution is 2.33. The fourth-order valence-electron chi connectivity index (χ4n) is 3.04. The summed E-state index contributed by atoms with van der Waals surface area (Å²) in [5.74, 6) is -0.788. The topological polar surface area (TPSA) is 69.4 Å². The average Bonchev–Trinajstić information content (AvgIpc) is 3.19. The number of rotatable bonds is 7. The van der Waals surface area contributed by atoms with Crippen molar-refractivity contribution in [3.8, 4) is 5.75 Å². The molecule has 0 unspecified atom stereocenters. The highest BCUT2D eigenvalue weighted by atomic mass is 32.1. The van der Waals surface area contributed by atoms with Gasteiger partial charge in [0.05, 0.1) is 23.0 Å². The number of ether oxygens (including phenoxy) is 1. The number of nitrogens with zero attached hydrogens (tertiary/aromatic N) is 4. The molecule has 0 aliphatic heterocycles. The Morgan fingerprint density at radius 1 is 1.21 bits per heavy atom. The quantitative estimate of drug-likeness (QED) is 0.420. The molecule has 0 spiro atoms. The van der Waals surface area contributed by atoms with Crippen LogP contribution in [0.25, 0.3) is 0 Å². The van der Waals surface area contributed by atoms with E-state index in [1.165, 1.54) is 30.1 Å². The standard InChI is InChI=1S/C24H27F3N4O2S/c1-5-6-7-16-14-31(23(2,3)4)34-22(16)30-21(32)19-12-17(24(25,26)27)8-9-20(19)33-15-18-13-28-10-11-29-18/h8-14H,5-7,15H2,1-4H3/b30-22-. The third-order valence-corrected chi connectivity index (χ3v) is 6.30. The molecule has 2 aromatic heterocycles. The van der Waals surface area contributed by atoms with E-state index >= 15 is 0 Å². The maximum Gasteiger partial charge on any atom is 0.416 e. The molecule has 0 radical (unpaired) electrons. The van der Waals surface area contributed by atoms with E-state index in [1.54, 1.807) is 0 Å². The summed E-state index contributed by atoms with van der Waals surface area (Å²) in [5, 5.41) is 0. The molecule has 0 aliphatic rings. The smallest absolute Gasteiger partial charge is 0.416 e. The zero-order valence-corrected chi connectivity index (χ0v) is 20.3. The molecule has 6 nitrogen and oxygen atoms in total. The molecule has 0 fully saturated rings. The molecular weight excluding hydrogens is 465 g/mol. The number of alkyl halides is 3. The maximum absolute atomic E-state index is 13.4. The highest BCUT2D eigenvalue weighted by molar-refractivity contribution is 7.04. The number of aromatic nitrogens is 3. The van der Waals surface area contributed by atoms with Crippen LogP contribution in [-0.2, 0) is 24.7 Å². The van der Waals surface area contributed by atoms with Crippen molar-refractivity contribution in [3.05, 3.63) is 70.0 Å². The molecule has 2 heterocycles. The van der Waals surface area contributed by atoms with E-state index in [0.717, 1.165) is 43.0 Å². The molecule has 0 N–H and O–H groups in total. The van der Waals surface area contributed by atoms with Crippen molar-refractivity contribution in [2.45, 2.75) is 65.3 Å². The van der Waals surface area contributed by atoms with Crippen molar-refractivity contribution in [1.29, 1.82) is 0 Å². The van der Waals surface area contributed by atoms with Gasteiger partial charge in [-0.3, -0.25) is 18.7 Å². The van der Waals surface area contributed by atoms with Gasteiger partial charge in [0.25, 0.3) is 5.91 Å². The average molecular weight is 493 g/mol. The molecule has 1 aromatic carbocycles. The van der Waals surface area contributed by atoms with Gasteiger partial charge in [-0.25, -0.2) is 0 Å². The molecule has 0 saturated carbocycles. The van der Waals surface area contributed by atoms with E-state index in [4.69, 9.17) is 4.74 Å². The Hall–Kier alpha value is -3.01. The largest absolute Gasteiger partial charge is 0.486 e. The van der Waals surface area contributed by atoms with Crippen molar-refractivity contribution in [3.63, 3.8) is 0 Å². The fourth-order valence-corrected chi connectivity index (χ4v) is 4.08. The number of hydrogen-bond acceptors (Lipinski definition) is 5. The lowest BCUT2D eigenvalue weighted by molar-refractivity contribution is -0.137. The zero-order valence-electron chi connectivity index (χ0n) is 19.5. The van der Waals surface area contributed by atoms with Gasteiger partial charge in [-0.15, -0.1) is 0 Å². The summed E-state index contributed by atoms with van der Waals surface area (Å²) in [6.07, 6.45) is 4.41. The number of hydrogen-bond donors (Lipinski definition) is 0. The lowest BCUT2D eigenvalue weighted by atomic mass is 10.1. The first-order valence-corrected chi connectivity index (χ1v) is 11.7. The van der Waals surface area contributed by atoms with Gasteiger partial charge < -0.3 is 4.74 Å². The number of unbranched alkanes of at least 4 members (excludes halogenated alkanes) is 1. The van der Waals surface area contributed by atoms with E-state index in [-0.39, 0.29) is 23.5 Å². The highest BCUT2D eigenvalue weighted by Gasteiger charge is 2.32. The van der Waals surface area contributed by atoms with Crippen LogP contribution < -0.4 is 9.41 Å². The first-order valence-electron chi connectivity index (χ1n) is 10.9. The van der Waals surface area contributed by atoms with Gasteiger partial charge in [0.15, 0.2) is 0 Å². The monoisotopic (exact) mass is 492 g/mol. The molecule has 0 aliphatic carbocycles. The van der Waals surface area contributed by atoms with Gasteiger partial charge in [0.1, 0.15) is 17.0 Å². The number of halogens is 3. The normalized spacial score (nSPS) is 12.7. The predicted molar refractivity (Wildman–Crippen MR) is 124 cm³/mol. The number of amides is 1. The Balaban J connectivity index is 2.03. The number of aryl methyl sites for hydroxylation is 1. The molecule has 10 heteroatoms. The second kappa shape index (κ2) is 10.5. The Morgan fingerprint density at radius 2 is 1.97 bits per heavy atom. The van der Waals surface area contributed by atoms with Crippen molar-refractivity contribution in [2.75, 3.05) is 0 Å². The van der Waals surface area contributed by atoms with E-state index in [0.29, 0.717) is 10.4 Å². The molecule has 34 heavy (non-hydrogen) atoms. The lowest BCUT2D eigenvalue weighted by Crippen LogP contribution is -2.18. The minimum Gasteiger partial charge on any atom is -0.486 e. The summed E-state index contributed by atoms with van der Waals surface area (Å²) in [5.41, 5.74) is -0.0481. The van der Waals surface area contributed by atoms with Crippen LogP contribution in [0.15, 0.2) is 48.0 Å². The number of benzene rings is 1. The minimum atomic E-state index is -4.61. The van der Waals surface area contributed by atoms with Crippen molar-refractivity contribution < 1.29 is 22.7 Å². The van der Waals surface area contributed by atoms with Crippen LogP contribution in [0, 0.1) is 0 Å². The summed E-state index contributed by atoms with van der Waals surface area (Å²) in [4.78, 5) is 25.4. The van der Waals surface area contributed by atoms with Crippen LogP contribution in [-0.4, -0.2) is 19.8 Å². The Kier molecular flexibility index (Phi) is 7.91.